The Morgan fingerprint density at radius 1 is 1.25 bits per heavy atom. The summed E-state index contributed by atoms with van der Waals surface area (Å²) in [5.41, 5.74) is 3.67. The second kappa shape index (κ2) is 9.43. The lowest BCUT2D eigenvalue weighted by Gasteiger charge is -2.22. The highest BCUT2D eigenvalue weighted by Crippen LogP contribution is 2.39. The van der Waals surface area contributed by atoms with Crippen molar-refractivity contribution in [3.8, 4) is 17.2 Å². The predicted molar refractivity (Wildman–Crippen MR) is 116 cm³/mol. The molecule has 0 aromatic heterocycles. The van der Waals surface area contributed by atoms with Crippen molar-refractivity contribution in [2.75, 3.05) is 13.7 Å². The standard InChI is InChI=1S/C20H22Br2N2O4/c1-20(2,3)13-7-5-6-8-15(13)28-11-17(25)24-23-10-12-18(22)14(21)9-16(27-4)19(12)26/h5-10,26H,11H2,1-4H3,(H,24,25)/b23-10+. The molecule has 0 unspecified atom stereocenters. The van der Waals surface area contributed by atoms with Crippen molar-refractivity contribution in [1.29, 1.82) is 0 Å². The molecular formula is C20H22Br2N2O4. The molecule has 2 N–H and O–H groups in total. The molecule has 1 amide bonds. The Hall–Kier alpha value is -2.06. The zero-order chi connectivity index (χ0) is 20.9. The largest absolute Gasteiger partial charge is 0.504 e. The molecule has 0 aliphatic carbocycles. The molecule has 8 heteroatoms. The lowest BCUT2D eigenvalue weighted by atomic mass is 9.86. The van der Waals surface area contributed by atoms with Crippen molar-refractivity contribution >= 4 is 44.0 Å². The molecule has 0 aliphatic heterocycles. The van der Waals surface area contributed by atoms with Crippen LogP contribution in [0.5, 0.6) is 17.2 Å². The van der Waals surface area contributed by atoms with E-state index in [9.17, 15) is 9.90 Å². The van der Waals surface area contributed by atoms with Crippen LogP contribution in [-0.2, 0) is 10.2 Å². The van der Waals surface area contributed by atoms with Gasteiger partial charge in [0.05, 0.1) is 18.9 Å². The highest BCUT2D eigenvalue weighted by atomic mass is 79.9. The van der Waals surface area contributed by atoms with Gasteiger partial charge in [0.2, 0.25) is 0 Å². The van der Waals surface area contributed by atoms with Crippen LogP contribution in [0, 0.1) is 0 Å². The van der Waals surface area contributed by atoms with Gasteiger partial charge in [-0.2, -0.15) is 5.10 Å². The summed E-state index contributed by atoms with van der Waals surface area (Å²) in [5, 5.41) is 14.1. The van der Waals surface area contributed by atoms with Crippen LogP contribution in [0.3, 0.4) is 0 Å². The summed E-state index contributed by atoms with van der Waals surface area (Å²) in [6.45, 7) is 6.06. The van der Waals surface area contributed by atoms with Gasteiger partial charge in [0.25, 0.3) is 5.91 Å². The first-order valence-electron chi connectivity index (χ1n) is 8.44. The number of amides is 1. The molecule has 0 fully saturated rings. The molecule has 0 atom stereocenters. The fourth-order valence-electron chi connectivity index (χ4n) is 2.44. The lowest BCUT2D eigenvalue weighted by molar-refractivity contribution is -0.123. The van der Waals surface area contributed by atoms with Gasteiger partial charge >= 0.3 is 0 Å². The summed E-state index contributed by atoms with van der Waals surface area (Å²) in [4.78, 5) is 12.1. The molecular weight excluding hydrogens is 492 g/mol. The molecule has 6 nitrogen and oxygen atoms in total. The number of hydrazone groups is 1. The normalized spacial score (nSPS) is 11.5. The second-order valence-electron chi connectivity index (χ2n) is 6.96. The first-order valence-corrected chi connectivity index (χ1v) is 10.0. The van der Waals surface area contributed by atoms with E-state index in [1.807, 2.05) is 24.3 Å². The summed E-state index contributed by atoms with van der Waals surface area (Å²) in [7, 11) is 1.45. The fraction of sp³-hybridized carbons (Fsp3) is 0.300. The Labute approximate surface area is 181 Å². The number of aromatic hydroxyl groups is 1. The van der Waals surface area contributed by atoms with E-state index in [1.165, 1.54) is 13.3 Å². The topological polar surface area (TPSA) is 80.2 Å². The number of carbonyl (C=O) groups is 1. The minimum absolute atomic E-state index is 0.0917. The van der Waals surface area contributed by atoms with Crippen LogP contribution in [-0.4, -0.2) is 30.9 Å². The molecule has 2 aromatic rings. The molecule has 2 rings (SSSR count). The molecule has 0 aliphatic rings. The molecule has 2 aromatic carbocycles. The Bertz CT molecular complexity index is 893. The summed E-state index contributed by atoms with van der Waals surface area (Å²) < 4.78 is 12.0. The predicted octanol–water partition coefficient (Wildman–Crippen LogP) is 4.75. The first kappa shape index (κ1) is 22.2. The molecule has 0 saturated carbocycles. The summed E-state index contributed by atoms with van der Waals surface area (Å²) in [5.74, 6) is 0.430. The van der Waals surface area contributed by atoms with E-state index in [0.29, 0.717) is 20.3 Å². The van der Waals surface area contributed by atoms with Gasteiger partial charge in [-0.3, -0.25) is 4.79 Å². The van der Waals surface area contributed by atoms with Crippen molar-refractivity contribution in [2.45, 2.75) is 26.2 Å². The Morgan fingerprint density at radius 2 is 1.93 bits per heavy atom. The van der Waals surface area contributed by atoms with Gasteiger partial charge in [-0.05, 0) is 55.0 Å². The Kier molecular flexibility index (Phi) is 7.48. The minimum Gasteiger partial charge on any atom is -0.504 e. The number of phenols is 1. The number of carbonyl (C=O) groups excluding carboxylic acids is 1. The molecule has 0 saturated heterocycles. The van der Waals surface area contributed by atoms with E-state index in [4.69, 9.17) is 9.47 Å². The highest BCUT2D eigenvalue weighted by molar-refractivity contribution is 9.13. The monoisotopic (exact) mass is 512 g/mol. The molecule has 0 radical (unpaired) electrons. The van der Waals surface area contributed by atoms with E-state index in [0.717, 1.165) is 5.56 Å². The number of methoxy groups -OCH3 is 1. The van der Waals surface area contributed by atoms with E-state index >= 15 is 0 Å². The zero-order valence-electron chi connectivity index (χ0n) is 16.0. The van der Waals surface area contributed by atoms with E-state index < -0.39 is 5.91 Å². The third-order valence-corrected chi connectivity index (χ3v) is 5.86. The first-order chi connectivity index (χ1) is 13.1. The Morgan fingerprint density at radius 3 is 2.57 bits per heavy atom. The van der Waals surface area contributed by atoms with Crippen LogP contribution in [0.15, 0.2) is 44.4 Å². The minimum atomic E-state index is -0.419. The van der Waals surface area contributed by atoms with Crippen molar-refractivity contribution in [3.05, 3.63) is 50.4 Å². The quantitative estimate of drug-likeness (QED) is 0.431. The van der Waals surface area contributed by atoms with Gasteiger partial charge in [0.1, 0.15) is 5.75 Å². The third-order valence-electron chi connectivity index (χ3n) is 3.85. The van der Waals surface area contributed by atoms with Gasteiger partial charge in [-0.1, -0.05) is 39.0 Å². The molecule has 150 valence electrons. The average molecular weight is 514 g/mol. The number of phenolic OH excluding ortho intramolecular Hbond substituents is 1. The number of hydrogen-bond donors (Lipinski definition) is 2. The number of ether oxygens (including phenoxy) is 2. The molecule has 28 heavy (non-hydrogen) atoms. The second-order valence-corrected chi connectivity index (χ2v) is 8.61. The van der Waals surface area contributed by atoms with Crippen LogP contribution in [0.4, 0.5) is 0 Å². The maximum atomic E-state index is 12.1. The van der Waals surface area contributed by atoms with E-state index in [1.54, 1.807) is 6.07 Å². The van der Waals surface area contributed by atoms with Crippen LogP contribution in [0.25, 0.3) is 0 Å². The molecule has 0 spiro atoms. The molecule has 0 heterocycles. The smallest absolute Gasteiger partial charge is 0.277 e. The maximum Gasteiger partial charge on any atom is 0.277 e. The van der Waals surface area contributed by atoms with Crippen LogP contribution in [0.1, 0.15) is 31.9 Å². The Balaban J connectivity index is 2.04. The van der Waals surface area contributed by atoms with Crippen molar-refractivity contribution in [3.63, 3.8) is 0 Å². The van der Waals surface area contributed by atoms with Crippen LogP contribution >= 0.6 is 31.9 Å². The van der Waals surface area contributed by atoms with Crippen molar-refractivity contribution in [1.82, 2.24) is 5.43 Å². The molecule has 0 bridgehead atoms. The number of halogens is 2. The van der Waals surface area contributed by atoms with E-state index in [2.05, 4.69) is 63.2 Å². The number of rotatable bonds is 6. The van der Waals surface area contributed by atoms with Crippen molar-refractivity contribution in [2.24, 2.45) is 5.10 Å². The van der Waals surface area contributed by atoms with Crippen LogP contribution in [0.2, 0.25) is 0 Å². The fourth-order valence-corrected chi connectivity index (χ4v) is 3.27. The maximum absolute atomic E-state index is 12.1. The number of nitrogens with one attached hydrogen (secondary N) is 1. The zero-order valence-corrected chi connectivity index (χ0v) is 19.2. The van der Waals surface area contributed by atoms with E-state index in [-0.39, 0.29) is 23.5 Å². The lowest BCUT2D eigenvalue weighted by Crippen LogP contribution is -2.25. The highest BCUT2D eigenvalue weighted by Gasteiger charge is 2.19. The van der Waals surface area contributed by atoms with Crippen LogP contribution < -0.4 is 14.9 Å². The third kappa shape index (κ3) is 5.48. The number of benzene rings is 2. The van der Waals surface area contributed by atoms with Gasteiger partial charge in [0, 0.05) is 8.95 Å². The summed E-state index contributed by atoms with van der Waals surface area (Å²) >= 11 is 6.72. The number of para-hydroxylation sites is 1. The number of nitrogens with zero attached hydrogens (tertiary/aromatic N) is 1. The van der Waals surface area contributed by atoms with Gasteiger partial charge < -0.3 is 14.6 Å². The number of hydrogen-bond acceptors (Lipinski definition) is 5. The average Bonchev–Trinajstić information content (AvgIpc) is 2.65. The summed E-state index contributed by atoms with van der Waals surface area (Å²) in [6, 6.07) is 9.23. The van der Waals surface area contributed by atoms with Crippen molar-refractivity contribution < 1.29 is 19.4 Å². The van der Waals surface area contributed by atoms with Gasteiger partial charge in [-0.15, -0.1) is 0 Å². The van der Waals surface area contributed by atoms with Gasteiger partial charge in [0.15, 0.2) is 18.1 Å². The van der Waals surface area contributed by atoms with Gasteiger partial charge in [-0.25, -0.2) is 5.43 Å². The summed E-state index contributed by atoms with van der Waals surface area (Å²) in [6.07, 6.45) is 1.33. The SMILES string of the molecule is COc1cc(Br)c(Br)c(/C=N/NC(=O)COc2ccccc2C(C)(C)C)c1O.